The number of alkyl halides is 1. The topological polar surface area (TPSA) is 69.8 Å². The second kappa shape index (κ2) is 16.2. The maximum Gasteiger partial charge on any atom is 0.225 e. The van der Waals surface area contributed by atoms with Crippen LogP contribution in [-0.2, 0) is 13.0 Å². The number of halogens is 1. The van der Waals surface area contributed by atoms with Crippen LogP contribution < -0.4 is 15.1 Å². The van der Waals surface area contributed by atoms with Crippen LogP contribution in [0, 0.1) is 11.3 Å². The van der Waals surface area contributed by atoms with Crippen molar-refractivity contribution in [2.24, 2.45) is 11.3 Å². The summed E-state index contributed by atoms with van der Waals surface area (Å²) in [6, 6.07) is 15.8. The number of nitrogens with zero attached hydrogens (tertiary/aromatic N) is 7. The minimum atomic E-state index is -1.30. The lowest BCUT2D eigenvalue weighted by atomic mass is 9.71. The van der Waals surface area contributed by atoms with Crippen LogP contribution in [0.5, 0.6) is 0 Å². The van der Waals surface area contributed by atoms with Crippen LogP contribution in [0.2, 0.25) is 0 Å². The van der Waals surface area contributed by atoms with E-state index in [0.717, 1.165) is 104 Å². The van der Waals surface area contributed by atoms with Crippen molar-refractivity contribution in [2.75, 3.05) is 68.7 Å². The second-order valence-electron chi connectivity index (χ2n) is 20.0. The number of aromatic amines is 1. The molecule has 6 aliphatic heterocycles. The first-order valence-corrected chi connectivity index (χ1v) is 23.3. The lowest BCUT2D eigenvalue weighted by Gasteiger charge is -2.47. The fraction of sp³-hybridized carbons (Fsp3) is 0.529. The van der Waals surface area contributed by atoms with E-state index in [-0.39, 0.29) is 12.1 Å². The Kier molecular flexibility index (Phi) is 10.7. The largest absolute Gasteiger partial charge is 0.371 e. The van der Waals surface area contributed by atoms with Crippen LogP contribution >= 0.6 is 0 Å². The normalized spacial score (nSPS) is 24.1. The zero-order valence-electron chi connectivity index (χ0n) is 36.7. The summed E-state index contributed by atoms with van der Waals surface area (Å²) in [5, 5.41) is 4.66. The maximum absolute atomic E-state index is 15.1. The SMILES string of the molecule is C=C1CCC(N2Cc3cc(N4CCC5(CCN(CCC6CCN(c7ncc(C8c9[nH]c%10ccccc%10c9CCN8CC(C)(C)F)cn7)CC6)CC5)CC4)ccc3C2=C)C(=C)N1. The number of likely N-dealkylation sites (tertiary alicyclic amines) is 1. The van der Waals surface area contributed by atoms with Crippen molar-refractivity contribution in [3.05, 3.63) is 114 Å². The molecule has 322 valence electrons. The molecule has 2 aromatic carbocycles. The first kappa shape index (κ1) is 40.4. The van der Waals surface area contributed by atoms with Gasteiger partial charge in [-0.25, -0.2) is 14.4 Å². The quantitative estimate of drug-likeness (QED) is 0.173. The number of aromatic nitrogens is 3. The molecule has 1 spiro atoms. The van der Waals surface area contributed by atoms with Crippen LogP contribution in [0.25, 0.3) is 16.6 Å². The van der Waals surface area contributed by atoms with Gasteiger partial charge in [-0.1, -0.05) is 44.0 Å². The number of benzene rings is 2. The molecule has 6 aliphatic rings. The Labute approximate surface area is 362 Å². The van der Waals surface area contributed by atoms with Gasteiger partial charge in [0.15, 0.2) is 0 Å². The monoisotopic (exact) mass is 824 g/mol. The van der Waals surface area contributed by atoms with E-state index in [2.05, 4.69) is 97.0 Å². The maximum atomic E-state index is 15.1. The lowest BCUT2D eigenvalue weighted by molar-refractivity contribution is 0.0757. The minimum Gasteiger partial charge on any atom is -0.371 e. The molecule has 8 heterocycles. The highest BCUT2D eigenvalue weighted by Gasteiger charge is 2.39. The summed E-state index contributed by atoms with van der Waals surface area (Å²) in [6.07, 6.45) is 15.9. The van der Waals surface area contributed by atoms with E-state index >= 15 is 4.39 Å². The van der Waals surface area contributed by atoms with Gasteiger partial charge in [0.2, 0.25) is 5.95 Å². The number of nitrogens with one attached hydrogen (secondary N) is 2. The molecule has 10 rings (SSSR count). The van der Waals surface area contributed by atoms with Crippen LogP contribution in [0.15, 0.2) is 86.0 Å². The standard InChI is InChI=1S/C51H66FN9/c1-35-10-13-46(36(2)55-35)61-33-39-30-41(11-12-42(39)37(61)3)58-28-20-51(21-29-58)18-26-57(27-19-51)22-14-38-15-23-59(24-16-38)49-53-31-40(32-54-49)48-47-44(17-25-60(48)34-50(4,5)52)43-8-6-7-9-45(43)56-47/h6-9,11-12,30-32,38,46,48,55-56H,1-3,10,13-29,33-34H2,4-5H3. The van der Waals surface area contributed by atoms with Crippen molar-refractivity contribution < 1.29 is 4.39 Å². The Hall–Kier alpha value is -4.67. The molecular formula is C51H66FN9. The van der Waals surface area contributed by atoms with Gasteiger partial charge in [0, 0.05) is 109 Å². The van der Waals surface area contributed by atoms with Crippen molar-refractivity contribution in [3.63, 3.8) is 0 Å². The predicted octanol–water partition coefficient (Wildman–Crippen LogP) is 9.21. The van der Waals surface area contributed by atoms with Crippen LogP contribution in [0.4, 0.5) is 16.0 Å². The van der Waals surface area contributed by atoms with Gasteiger partial charge < -0.3 is 29.9 Å². The zero-order valence-corrected chi connectivity index (χ0v) is 36.7. The number of rotatable bonds is 9. The fourth-order valence-electron chi connectivity index (χ4n) is 11.9. The fourth-order valence-corrected chi connectivity index (χ4v) is 11.9. The van der Waals surface area contributed by atoms with E-state index in [9.17, 15) is 0 Å². The number of para-hydroxylation sites is 1. The zero-order chi connectivity index (χ0) is 41.9. The summed E-state index contributed by atoms with van der Waals surface area (Å²) in [7, 11) is 0. The van der Waals surface area contributed by atoms with E-state index in [1.54, 1.807) is 13.8 Å². The number of H-pyrrole nitrogens is 1. The summed E-state index contributed by atoms with van der Waals surface area (Å²) in [6.45, 7) is 26.4. The smallest absolute Gasteiger partial charge is 0.225 e. The Balaban J connectivity index is 0.682. The average Bonchev–Trinajstić information content (AvgIpc) is 3.80. The number of piperidine rings is 4. The molecule has 4 fully saturated rings. The Morgan fingerprint density at radius 3 is 2.33 bits per heavy atom. The Bertz CT molecular complexity index is 2260. The van der Waals surface area contributed by atoms with Crippen LogP contribution in [-0.4, -0.2) is 100 Å². The molecule has 4 aromatic rings. The molecule has 0 aliphatic carbocycles. The Morgan fingerprint density at radius 1 is 0.852 bits per heavy atom. The van der Waals surface area contributed by atoms with Crippen molar-refractivity contribution in [1.82, 2.24) is 35.0 Å². The molecule has 2 N–H and O–H groups in total. The van der Waals surface area contributed by atoms with Gasteiger partial charge in [-0.3, -0.25) is 4.90 Å². The summed E-state index contributed by atoms with van der Waals surface area (Å²) in [5.41, 5.74) is 11.2. The molecule has 0 saturated carbocycles. The first-order chi connectivity index (χ1) is 29.5. The van der Waals surface area contributed by atoms with Crippen LogP contribution in [0.3, 0.4) is 0 Å². The third-order valence-corrected chi connectivity index (χ3v) is 15.5. The number of fused-ring (bicyclic) bond motifs is 4. The van der Waals surface area contributed by atoms with Crippen molar-refractivity contribution in [2.45, 2.75) is 102 Å². The highest BCUT2D eigenvalue weighted by molar-refractivity contribution is 5.85. The molecule has 2 unspecified atom stereocenters. The molecule has 0 amide bonds. The van der Waals surface area contributed by atoms with Gasteiger partial charge in [-0.2, -0.15) is 0 Å². The summed E-state index contributed by atoms with van der Waals surface area (Å²) < 4.78 is 15.1. The molecular weight excluding hydrogens is 758 g/mol. The number of hydrogen-bond donors (Lipinski definition) is 2. The third-order valence-electron chi connectivity index (χ3n) is 15.5. The predicted molar refractivity (Wildman–Crippen MR) is 247 cm³/mol. The molecule has 2 aromatic heterocycles. The van der Waals surface area contributed by atoms with E-state index < -0.39 is 5.67 Å². The van der Waals surface area contributed by atoms with E-state index in [1.165, 1.54) is 92.3 Å². The second-order valence-corrected chi connectivity index (χ2v) is 20.0. The van der Waals surface area contributed by atoms with Crippen molar-refractivity contribution >= 4 is 28.2 Å². The molecule has 10 heteroatoms. The lowest BCUT2D eigenvalue weighted by Crippen LogP contribution is -2.47. The molecule has 2 atom stereocenters. The molecule has 0 radical (unpaired) electrons. The summed E-state index contributed by atoms with van der Waals surface area (Å²) >= 11 is 0. The first-order valence-electron chi connectivity index (χ1n) is 23.3. The van der Waals surface area contributed by atoms with E-state index in [1.807, 2.05) is 12.4 Å². The van der Waals surface area contributed by atoms with Gasteiger partial charge in [0.05, 0.1) is 12.1 Å². The van der Waals surface area contributed by atoms with Gasteiger partial charge in [-0.15, -0.1) is 0 Å². The van der Waals surface area contributed by atoms with Gasteiger partial charge in [-0.05, 0) is 138 Å². The third kappa shape index (κ3) is 8.11. The highest BCUT2D eigenvalue weighted by Crippen LogP contribution is 2.44. The van der Waals surface area contributed by atoms with Gasteiger partial charge >= 0.3 is 0 Å². The Morgan fingerprint density at radius 2 is 1.59 bits per heavy atom. The number of anilines is 2. The molecule has 61 heavy (non-hydrogen) atoms. The number of hydrogen-bond acceptors (Lipinski definition) is 8. The van der Waals surface area contributed by atoms with Crippen molar-refractivity contribution in [1.29, 1.82) is 0 Å². The number of allylic oxidation sites excluding steroid dienone is 1. The summed E-state index contributed by atoms with van der Waals surface area (Å²) in [4.78, 5) is 26.0. The van der Waals surface area contributed by atoms with Crippen LogP contribution in [0.1, 0.15) is 106 Å². The van der Waals surface area contributed by atoms with E-state index in [0.29, 0.717) is 12.0 Å². The summed E-state index contributed by atoms with van der Waals surface area (Å²) in [5.74, 6) is 1.57. The van der Waals surface area contributed by atoms with E-state index in [4.69, 9.17) is 9.97 Å². The van der Waals surface area contributed by atoms with Gasteiger partial charge in [0.1, 0.15) is 5.67 Å². The average molecular weight is 824 g/mol. The molecule has 0 bridgehead atoms. The molecule has 9 nitrogen and oxygen atoms in total. The minimum absolute atomic E-state index is 0.0969. The molecule has 4 saturated heterocycles. The van der Waals surface area contributed by atoms with Gasteiger partial charge in [0.25, 0.3) is 0 Å². The van der Waals surface area contributed by atoms with Crippen molar-refractivity contribution in [3.8, 4) is 0 Å². The highest BCUT2D eigenvalue weighted by atomic mass is 19.1.